The first-order chi connectivity index (χ1) is 13.0. The van der Waals surface area contributed by atoms with Crippen LogP contribution in [0.2, 0.25) is 0 Å². The lowest BCUT2D eigenvalue weighted by Gasteiger charge is -2.31. The highest BCUT2D eigenvalue weighted by Crippen LogP contribution is 2.18. The Morgan fingerprint density at radius 1 is 1.30 bits per heavy atom. The van der Waals surface area contributed by atoms with Crippen LogP contribution in [0.25, 0.3) is 0 Å². The molecule has 2 aliphatic rings. The predicted molar refractivity (Wildman–Crippen MR) is 106 cm³/mol. The molecule has 148 valence electrons. The van der Waals surface area contributed by atoms with Crippen molar-refractivity contribution in [2.75, 3.05) is 31.1 Å². The average molecular weight is 393 g/mol. The molecule has 1 aromatic carbocycles. The molecule has 7 nitrogen and oxygen atoms in total. The fourth-order valence-electron chi connectivity index (χ4n) is 3.57. The topological polar surface area (TPSA) is 90.9 Å². The van der Waals surface area contributed by atoms with E-state index in [9.17, 15) is 13.2 Å². The smallest absolute Gasteiger partial charge is 0.222 e. The number of carbonyl (C=O) groups excluding carboxylic acids is 1. The second-order valence-corrected chi connectivity index (χ2v) is 9.32. The summed E-state index contributed by atoms with van der Waals surface area (Å²) in [6.07, 6.45) is 1.75. The molecule has 8 heteroatoms. The summed E-state index contributed by atoms with van der Waals surface area (Å²) in [5, 5.41) is 6.12. The summed E-state index contributed by atoms with van der Waals surface area (Å²) in [5.41, 5.74) is 2.70. The van der Waals surface area contributed by atoms with Crippen LogP contribution in [0.4, 0.5) is 0 Å². The number of carbonyl (C=O) groups is 1. The average Bonchev–Trinajstić information content (AvgIpc) is 2.99. The van der Waals surface area contributed by atoms with Gasteiger partial charge in [-0.2, -0.15) is 0 Å². The third-order valence-electron chi connectivity index (χ3n) is 4.96. The van der Waals surface area contributed by atoms with Crippen LogP contribution in [0.1, 0.15) is 30.9 Å². The molecule has 0 saturated carbocycles. The van der Waals surface area contributed by atoms with E-state index in [4.69, 9.17) is 0 Å². The van der Waals surface area contributed by atoms with Gasteiger partial charge in [-0.1, -0.05) is 24.3 Å². The Labute approximate surface area is 161 Å². The highest BCUT2D eigenvalue weighted by molar-refractivity contribution is 7.91. The number of aliphatic imine (C=N–C) groups is 1. The molecule has 2 heterocycles. The van der Waals surface area contributed by atoms with Crippen LogP contribution in [-0.4, -0.2) is 62.4 Å². The van der Waals surface area contributed by atoms with E-state index >= 15 is 0 Å². The highest BCUT2D eigenvalue weighted by atomic mass is 32.2. The summed E-state index contributed by atoms with van der Waals surface area (Å²) < 4.78 is 22.9. The lowest BCUT2D eigenvalue weighted by molar-refractivity contribution is -0.121. The number of guanidine groups is 1. The van der Waals surface area contributed by atoms with Crippen LogP contribution < -0.4 is 10.6 Å². The molecular weight excluding hydrogens is 364 g/mol. The van der Waals surface area contributed by atoms with Crippen molar-refractivity contribution in [1.29, 1.82) is 0 Å². The summed E-state index contributed by atoms with van der Waals surface area (Å²) in [4.78, 5) is 18.9. The van der Waals surface area contributed by atoms with Crippen molar-refractivity contribution in [3.8, 4) is 0 Å². The molecule has 0 bridgehead atoms. The Morgan fingerprint density at radius 3 is 2.78 bits per heavy atom. The molecule has 1 atom stereocenters. The van der Waals surface area contributed by atoms with Gasteiger partial charge in [-0.25, -0.2) is 8.42 Å². The third kappa shape index (κ3) is 5.45. The fourth-order valence-corrected chi connectivity index (χ4v) is 5.25. The van der Waals surface area contributed by atoms with E-state index < -0.39 is 9.84 Å². The van der Waals surface area contributed by atoms with Crippen molar-refractivity contribution in [3.05, 3.63) is 35.4 Å². The number of amides is 1. The number of sulfone groups is 1. The van der Waals surface area contributed by atoms with Gasteiger partial charge in [0.05, 0.1) is 18.1 Å². The van der Waals surface area contributed by atoms with E-state index in [1.807, 2.05) is 6.92 Å². The molecule has 0 aliphatic carbocycles. The van der Waals surface area contributed by atoms with Gasteiger partial charge in [0.2, 0.25) is 5.91 Å². The molecule has 0 aromatic heterocycles. The van der Waals surface area contributed by atoms with Crippen molar-refractivity contribution in [2.45, 2.75) is 38.8 Å². The van der Waals surface area contributed by atoms with E-state index in [0.717, 1.165) is 32.0 Å². The number of fused-ring (bicyclic) bond motifs is 1. The molecule has 1 unspecified atom stereocenters. The lowest BCUT2D eigenvalue weighted by atomic mass is 10.0. The van der Waals surface area contributed by atoms with E-state index in [1.54, 1.807) is 0 Å². The van der Waals surface area contributed by atoms with E-state index in [-0.39, 0.29) is 29.9 Å². The molecule has 1 aromatic rings. The number of hydrogen-bond acceptors (Lipinski definition) is 4. The van der Waals surface area contributed by atoms with Gasteiger partial charge in [0.15, 0.2) is 15.8 Å². The van der Waals surface area contributed by atoms with Gasteiger partial charge < -0.3 is 15.5 Å². The largest absolute Gasteiger partial charge is 0.357 e. The first-order valence-electron chi connectivity index (χ1n) is 9.56. The van der Waals surface area contributed by atoms with Gasteiger partial charge in [-0.05, 0) is 30.9 Å². The van der Waals surface area contributed by atoms with Crippen LogP contribution in [0.3, 0.4) is 0 Å². The monoisotopic (exact) mass is 392 g/mol. The second-order valence-electron chi connectivity index (χ2n) is 7.09. The summed E-state index contributed by atoms with van der Waals surface area (Å²) in [7, 11) is -2.98. The first-order valence-corrected chi connectivity index (χ1v) is 11.4. The normalized spacial score (nSPS) is 21.6. The van der Waals surface area contributed by atoms with Gasteiger partial charge in [0.1, 0.15) is 0 Å². The zero-order valence-electron chi connectivity index (χ0n) is 15.8. The minimum absolute atomic E-state index is 0.0534. The summed E-state index contributed by atoms with van der Waals surface area (Å²) in [6, 6.07) is 8.19. The summed E-state index contributed by atoms with van der Waals surface area (Å²) in [6.45, 7) is 4.89. The number of rotatable bonds is 5. The number of hydrogen-bond donors (Lipinski definition) is 2. The quantitative estimate of drug-likeness (QED) is 0.569. The van der Waals surface area contributed by atoms with Crippen molar-refractivity contribution >= 4 is 21.7 Å². The van der Waals surface area contributed by atoms with Gasteiger partial charge in [0.25, 0.3) is 0 Å². The van der Waals surface area contributed by atoms with Crippen LogP contribution in [0.5, 0.6) is 0 Å². The SMILES string of the molecule is CCNC(=NCCC(=O)NC1CCS(=O)(=O)C1)N1CCc2ccccc2C1. The zero-order valence-corrected chi connectivity index (χ0v) is 16.6. The Kier molecular flexibility index (Phi) is 6.36. The van der Waals surface area contributed by atoms with E-state index in [1.165, 1.54) is 11.1 Å². The second kappa shape index (κ2) is 8.73. The molecule has 1 fully saturated rings. The maximum Gasteiger partial charge on any atom is 0.222 e. The van der Waals surface area contributed by atoms with Gasteiger partial charge in [-0.15, -0.1) is 0 Å². The molecule has 27 heavy (non-hydrogen) atoms. The minimum Gasteiger partial charge on any atom is -0.357 e. The molecule has 3 rings (SSSR count). The van der Waals surface area contributed by atoms with Gasteiger partial charge in [0, 0.05) is 32.1 Å². The van der Waals surface area contributed by atoms with Crippen molar-refractivity contribution < 1.29 is 13.2 Å². The first kappa shape index (κ1) is 19.7. The molecular formula is C19H28N4O3S. The minimum atomic E-state index is -2.98. The Bertz CT molecular complexity index is 807. The Morgan fingerprint density at radius 2 is 2.07 bits per heavy atom. The van der Waals surface area contributed by atoms with Gasteiger partial charge >= 0.3 is 0 Å². The van der Waals surface area contributed by atoms with Gasteiger partial charge in [-0.3, -0.25) is 9.79 Å². The van der Waals surface area contributed by atoms with Crippen molar-refractivity contribution in [2.24, 2.45) is 4.99 Å². The zero-order chi connectivity index (χ0) is 19.3. The Hall–Kier alpha value is -2.09. The summed E-state index contributed by atoms with van der Waals surface area (Å²) in [5.74, 6) is 0.901. The molecule has 1 amide bonds. The molecule has 1 saturated heterocycles. The number of benzene rings is 1. The van der Waals surface area contributed by atoms with Crippen LogP contribution >= 0.6 is 0 Å². The number of nitrogens with one attached hydrogen (secondary N) is 2. The van der Waals surface area contributed by atoms with Crippen LogP contribution in [-0.2, 0) is 27.6 Å². The van der Waals surface area contributed by atoms with Crippen molar-refractivity contribution in [3.63, 3.8) is 0 Å². The molecule has 0 spiro atoms. The molecule has 0 radical (unpaired) electrons. The van der Waals surface area contributed by atoms with E-state index in [0.29, 0.717) is 13.0 Å². The standard InChI is InChI=1S/C19H28N4O3S/c1-2-20-19(23-11-8-15-5-3-4-6-16(15)13-23)21-10-7-18(24)22-17-9-12-27(25,26)14-17/h3-6,17H,2,7-14H2,1H3,(H,20,21)(H,22,24). The lowest BCUT2D eigenvalue weighted by Crippen LogP contribution is -2.44. The Balaban J connectivity index is 1.53. The van der Waals surface area contributed by atoms with Crippen LogP contribution in [0.15, 0.2) is 29.3 Å². The van der Waals surface area contributed by atoms with Crippen molar-refractivity contribution in [1.82, 2.24) is 15.5 Å². The highest BCUT2D eigenvalue weighted by Gasteiger charge is 2.28. The maximum atomic E-state index is 12.1. The molecule has 2 N–H and O–H groups in total. The molecule has 2 aliphatic heterocycles. The fraction of sp³-hybridized carbons (Fsp3) is 0.579. The predicted octanol–water partition coefficient (Wildman–Crippen LogP) is 0.704. The van der Waals surface area contributed by atoms with Crippen LogP contribution in [0, 0.1) is 0 Å². The number of nitrogens with zero attached hydrogens (tertiary/aromatic N) is 2. The maximum absolute atomic E-state index is 12.1. The summed E-state index contributed by atoms with van der Waals surface area (Å²) >= 11 is 0. The van der Waals surface area contributed by atoms with E-state index in [2.05, 4.69) is 44.8 Å². The third-order valence-corrected chi connectivity index (χ3v) is 6.73.